The van der Waals surface area contributed by atoms with Crippen molar-refractivity contribution in [2.24, 2.45) is 0 Å². The maximum atomic E-state index is 13.2. The number of anilines is 1. The first-order chi connectivity index (χ1) is 6.86. The zero-order valence-electron chi connectivity index (χ0n) is 9.19. The molecule has 17 heavy (non-hydrogen) atoms. The Kier molecular flexibility index (Phi) is 10.9. The molecule has 100 valence electrons. The highest BCUT2D eigenvalue weighted by Gasteiger charge is 2.13. The van der Waals surface area contributed by atoms with E-state index in [1.165, 1.54) is 6.20 Å². The number of rotatable bonds is 2. The molecule has 1 saturated heterocycles. The Bertz CT molecular complexity index is 309. The Morgan fingerprint density at radius 3 is 2.47 bits per heavy atom. The number of nitrogens with one attached hydrogen (secondary N) is 2. The van der Waals surface area contributed by atoms with Gasteiger partial charge in [-0.3, -0.25) is 4.98 Å². The van der Waals surface area contributed by atoms with Gasteiger partial charge in [0.2, 0.25) is 0 Å². The average molecular weight is 305 g/mol. The minimum atomic E-state index is -0.272. The average Bonchev–Trinajstić information content (AvgIpc) is 2.23. The third kappa shape index (κ3) is 5.73. The standard InChI is InChI=1S/C10H14FN3.3ClH/c11-9-7-13-6-3-10(9)14-8-1-4-12-5-2-8;;;/h3,6-8,12H,1-2,4-5H2,(H,13,14);3*1H. The number of aromatic nitrogens is 1. The molecule has 0 aliphatic carbocycles. The molecule has 1 aliphatic rings. The van der Waals surface area contributed by atoms with E-state index in [0.717, 1.165) is 25.9 Å². The molecule has 0 saturated carbocycles. The van der Waals surface area contributed by atoms with E-state index in [9.17, 15) is 4.39 Å². The fraction of sp³-hybridized carbons (Fsp3) is 0.500. The van der Waals surface area contributed by atoms with Crippen molar-refractivity contribution in [3.05, 3.63) is 24.3 Å². The lowest BCUT2D eigenvalue weighted by Gasteiger charge is -2.24. The second-order valence-corrected chi connectivity index (χ2v) is 3.52. The molecule has 1 aromatic rings. The molecule has 0 amide bonds. The molecular formula is C10H17Cl3FN3. The van der Waals surface area contributed by atoms with Crippen molar-refractivity contribution >= 4 is 42.9 Å². The second kappa shape index (κ2) is 9.71. The zero-order valence-corrected chi connectivity index (χ0v) is 11.6. The molecule has 2 N–H and O–H groups in total. The second-order valence-electron chi connectivity index (χ2n) is 3.52. The van der Waals surface area contributed by atoms with Crippen LogP contribution in [0.1, 0.15) is 12.8 Å². The van der Waals surface area contributed by atoms with E-state index in [4.69, 9.17) is 0 Å². The Hall–Kier alpha value is -0.290. The van der Waals surface area contributed by atoms with Crippen molar-refractivity contribution in [2.45, 2.75) is 18.9 Å². The van der Waals surface area contributed by atoms with Crippen LogP contribution in [0.3, 0.4) is 0 Å². The van der Waals surface area contributed by atoms with Crippen molar-refractivity contribution in [3.63, 3.8) is 0 Å². The molecule has 1 aromatic heterocycles. The summed E-state index contributed by atoms with van der Waals surface area (Å²) < 4.78 is 13.2. The largest absolute Gasteiger partial charge is 0.380 e. The molecule has 0 unspecified atom stereocenters. The number of piperidine rings is 1. The lowest BCUT2D eigenvalue weighted by Crippen LogP contribution is -2.35. The van der Waals surface area contributed by atoms with Crippen LogP contribution < -0.4 is 10.6 Å². The van der Waals surface area contributed by atoms with Crippen molar-refractivity contribution in [1.29, 1.82) is 0 Å². The molecule has 0 bridgehead atoms. The van der Waals surface area contributed by atoms with Gasteiger partial charge in [0, 0.05) is 12.2 Å². The van der Waals surface area contributed by atoms with Gasteiger partial charge in [-0.25, -0.2) is 4.39 Å². The Morgan fingerprint density at radius 1 is 1.24 bits per heavy atom. The molecule has 0 aromatic carbocycles. The molecule has 0 radical (unpaired) electrons. The van der Waals surface area contributed by atoms with Crippen LogP contribution in [0.15, 0.2) is 18.5 Å². The summed E-state index contributed by atoms with van der Waals surface area (Å²) in [6.45, 7) is 2.01. The van der Waals surface area contributed by atoms with E-state index < -0.39 is 0 Å². The number of nitrogens with zero attached hydrogens (tertiary/aromatic N) is 1. The van der Waals surface area contributed by atoms with E-state index in [-0.39, 0.29) is 43.0 Å². The third-order valence-electron chi connectivity index (χ3n) is 2.47. The summed E-state index contributed by atoms with van der Waals surface area (Å²) in [6.07, 6.45) is 4.93. The van der Waals surface area contributed by atoms with Gasteiger partial charge in [0.15, 0.2) is 5.82 Å². The summed E-state index contributed by atoms with van der Waals surface area (Å²) in [5.74, 6) is -0.272. The van der Waals surface area contributed by atoms with Crippen LogP contribution >= 0.6 is 37.2 Å². The van der Waals surface area contributed by atoms with Gasteiger partial charge in [0.05, 0.1) is 11.9 Å². The van der Waals surface area contributed by atoms with E-state index in [0.29, 0.717) is 11.7 Å². The lowest BCUT2D eigenvalue weighted by molar-refractivity contribution is 0.476. The van der Waals surface area contributed by atoms with E-state index in [1.54, 1.807) is 12.3 Å². The number of halogens is 4. The predicted molar refractivity (Wildman–Crippen MR) is 75.5 cm³/mol. The van der Waals surface area contributed by atoms with E-state index >= 15 is 0 Å². The van der Waals surface area contributed by atoms with Crippen LogP contribution in [-0.4, -0.2) is 24.1 Å². The van der Waals surface area contributed by atoms with Gasteiger partial charge in [-0.1, -0.05) is 0 Å². The van der Waals surface area contributed by atoms with Gasteiger partial charge >= 0.3 is 0 Å². The summed E-state index contributed by atoms with van der Waals surface area (Å²) in [4.78, 5) is 3.71. The zero-order chi connectivity index (χ0) is 9.80. The van der Waals surface area contributed by atoms with Crippen LogP contribution in [0.4, 0.5) is 10.1 Å². The quantitative estimate of drug-likeness (QED) is 0.882. The maximum absolute atomic E-state index is 13.2. The number of hydrogen-bond donors (Lipinski definition) is 2. The fourth-order valence-corrected chi connectivity index (χ4v) is 1.68. The monoisotopic (exact) mass is 303 g/mol. The van der Waals surface area contributed by atoms with Crippen molar-refractivity contribution in [3.8, 4) is 0 Å². The molecule has 3 nitrogen and oxygen atoms in total. The van der Waals surface area contributed by atoms with Crippen LogP contribution in [0.2, 0.25) is 0 Å². The highest BCUT2D eigenvalue weighted by molar-refractivity contribution is 5.86. The summed E-state index contributed by atoms with van der Waals surface area (Å²) in [5.41, 5.74) is 0.562. The normalized spacial score (nSPS) is 14.9. The van der Waals surface area contributed by atoms with Crippen molar-refractivity contribution < 1.29 is 4.39 Å². The fourth-order valence-electron chi connectivity index (χ4n) is 1.68. The molecule has 2 heterocycles. The Labute approximate surface area is 119 Å². The topological polar surface area (TPSA) is 37.0 Å². The van der Waals surface area contributed by atoms with Crippen LogP contribution in [0.5, 0.6) is 0 Å². The Morgan fingerprint density at radius 2 is 1.88 bits per heavy atom. The van der Waals surface area contributed by atoms with Gasteiger partial charge in [-0.2, -0.15) is 0 Å². The summed E-state index contributed by atoms with van der Waals surface area (Å²) in [6, 6.07) is 2.06. The van der Waals surface area contributed by atoms with Crippen molar-refractivity contribution in [2.75, 3.05) is 18.4 Å². The van der Waals surface area contributed by atoms with Gasteiger partial charge in [0.25, 0.3) is 0 Å². The van der Waals surface area contributed by atoms with E-state index in [2.05, 4.69) is 15.6 Å². The highest BCUT2D eigenvalue weighted by Crippen LogP contribution is 2.15. The first-order valence-corrected chi connectivity index (χ1v) is 4.93. The smallest absolute Gasteiger partial charge is 0.164 e. The van der Waals surface area contributed by atoms with Crippen LogP contribution in [0, 0.1) is 5.82 Å². The van der Waals surface area contributed by atoms with Gasteiger partial charge in [0.1, 0.15) is 0 Å². The summed E-state index contributed by atoms with van der Waals surface area (Å²) >= 11 is 0. The molecular weight excluding hydrogens is 287 g/mol. The maximum Gasteiger partial charge on any atom is 0.164 e. The predicted octanol–water partition coefficient (Wildman–Crippen LogP) is 2.65. The Balaban J connectivity index is 0. The number of pyridine rings is 1. The van der Waals surface area contributed by atoms with Crippen molar-refractivity contribution in [1.82, 2.24) is 10.3 Å². The lowest BCUT2D eigenvalue weighted by atomic mass is 10.1. The summed E-state index contributed by atoms with van der Waals surface area (Å²) in [7, 11) is 0. The van der Waals surface area contributed by atoms with Crippen LogP contribution in [0.25, 0.3) is 0 Å². The molecule has 0 atom stereocenters. The molecule has 2 rings (SSSR count). The number of hydrogen-bond acceptors (Lipinski definition) is 3. The van der Waals surface area contributed by atoms with Gasteiger partial charge in [-0.15, -0.1) is 37.2 Å². The first-order valence-electron chi connectivity index (χ1n) is 4.93. The highest BCUT2D eigenvalue weighted by atomic mass is 35.5. The van der Waals surface area contributed by atoms with E-state index in [1.807, 2.05) is 0 Å². The first kappa shape index (κ1) is 19.1. The molecule has 1 aliphatic heterocycles. The summed E-state index contributed by atoms with van der Waals surface area (Å²) in [5, 5.41) is 6.46. The molecule has 0 spiro atoms. The minimum absolute atomic E-state index is 0. The SMILES string of the molecule is Cl.Cl.Cl.Fc1cnccc1NC1CCNCC1. The minimum Gasteiger partial charge on any atom is -0.380 e. The molecule has 7 heteroatoms. The van der Waals surface area contributed by atoms with Crippen LogP contribution in [-0.2, 0) is 0 Å². The molecule has 1 fully saturated rings. The third-order valence-corrected chi connectivity index (χ3v) is 2.47. The van der Waals surface area contributed by atoms with Gasteiger partial charge in [-0.05, 0) is 32.0 Å². The van der Waals surface area contributed by atoms with Gasteiger partial charge < -0.3 is 10.6 Å².